The van der Waals surface area contributed by atoms with E-state index in [0.717, 1.165) is 0 Å². The van der Waals surface area contributed by atoms with E-state index in [1.54, 1.807) is 18.7 Å². The second-order valence-corrected chi connectivity index (χ2v) is 4.11. The largest absolute Gasteiger partial charge is 0.465 e. The van der Waals surface area contributed by atoms with Crippen LogP contribution in [-0.2, 0) is 14.3 Å². The number of rotatable bonds is 8. The van der Waals surface area contributed by atoms with Gasteiger partial charge in [0.05, 0.1) is 12.6 Å². The lowest BCUT2D eigenvalue weighted by Gasteiger charge is -2.26. The Morgan fingerprint density at radius 3 is 2.11 bits per heavy atom. The summed E-state index contributed by atoms with van der Waals surface area (Å²) >= 11 is 0. The van der Waals surface area contributed by atoms with Crippen LogP contribution in [0.15, 0.2) is 0 Å². The Labute approximate surface area is 110 Å². The van der Waals surface area contributed by atoms with E-state index < -0.39 is 6.04 Å². The molecule has 0 spiro atoms. The Morgan fingerprint density at radius 2 is 1.72 bits per heavy atom. The van der Waals surface area contributed by atoms with Crippen molar-refractivity contribution in [2.24, 2.45) is 0 Å². The van der Waals surface area contributed by atoms with Crippen LogP contribution in [0.2, 0.25) is 0 Å². The van der Waals surface area contributed by atoms with Crippen LogP contribution >= 0.6 is 0 Å². The summed E-state index contributed by atoms with van der Waals surface area (Å²) in [5.41, 5.74) is 0. The van der Waals surface area contributed by atoms with Crippen molar-refractivity contribution in [1.82, 2.24) is 10.2 Å². The van der Waals surface area contributed by atoms with Crippen molar-refractivity contribution < 1.29 is 14.3 Å². The smallest absolute Gasteiger partial charge is 0.323 e. The molecule has 18 heavy (non-hydrogen) atoms. The van der Waals surface area contributed by atoms with E-state index in [1.807, 2.05) is 20.8 Å². The van der Waals surface area contributed by atoms with Crippen LogP contribution in [0, 0.1) is 0 Å². The van der Waals surface area contributed by atoms with Crippen molar-refractivity contribution in [2.75, 3.05) is 19.7 Å². The number of hydrogen-bond donors (Lipinski definition) is 1. The first kappa shape index (κ1) is 16.9. The number of carbonyl (C=O) groups excluding carboxylic acids is 2. The fourth-order valence-corrected chi connectivity index (χ4v) is 1.78. The first-order valence-electron chi connectivity index (χ1n) is 6.73. The highest BCUT2D eigenvalue weighted by Gasteiger charge is 2.24. The lowest BCUT2D eigenvalue weighted by molar-refractivity contribution is -0.146. The first-order chi connectivity index (χ1) is 8.51. The summed E-state index contributed by atoms with van der Waals surface area (Å²) in [4.78, 5) is 25.4. The number of carbonyl (C=O) groups is 2. The normalized spacial score (nSPS) is 13.8. The van der Waals surface area contributed by atoms with Crippen molar-refractivity contribution in [3.05, 3.63) is 0 Å². The molecule has 0 bridgehead atoms. The van der Waals surface area contributed by atoms with Crippen molar-refractivity contribution in [3.8, 4) is 0 Å². The van der Waals surface area contributed by atoms with Gasteiger partial charge >= 0.3 is 5.97 Å². The topological polar surface area (TPSA) is 58.6 Å². The van der Waals surface area contributed by atoms with Crippen LogP contribution in [0.4, 0.5) is 0 Å². The van der Waals surface area contributed by atoms with Gasteiger partial charge in [0, 0.05) is 13.1 Å². The number of nitrogens with zero attached hydrogens (tertiary/aromatic N) is 1. The molecule has 1 amide bonds. The van der Waals surface area contributed by atoms with Crippen molar-refractivity contribution in [3.63, 3.8) is 0 Å². The molecule has 0 aliphatic rings. The summed E-state index contributed by atoms with van der Waals surface area (Å²) in [6, 6.07) is -0.793. The van der Waals surface area contributed by atoms with Gasteiger partial charge in [0.25, 0.3) is 0 Å². The molecule has 0 aliphatic heterocycles. The van der Waals surface area contributed by atoms with Crippen LogP contribution in [0.3, 0.4) is 0 Å². The molecule has 5 heteroatoms. The van der Waals surface area contributed by atoms with Gasteiger partial charge in [-0.15, -0.1) is 0 Å². The zero-order valence-corrected chi connectivity index (χ0v) is 12.2. The van der Waals surface area contributed by atoms with Gasteiger partial charge in [0.1, 0.15) is 6.04 Å². The molecule has 1 N–H and O–H groups in total. The molecule has 0 aromatic rings. The third-order valence-corrected chi connectivity index (χ3v) is 2.88. The van der Waals surface area contributed by atoms with Crippen LogP contribution < -0.4 is 5.32 Å². The number of amides is 1. The van der Waals surface area contributed by atoms with E-state index >= 15 is 0 Å². The summed E-state index contributed by atoms with van der Waals surface area (Å²) in [6.07, 6.45) is 0.606. The van der Waals surface area contributed by atoms with E-state index in [1.165, 1.54) is 0 Å². The lowest BCUT2D eigenvalue weighted by atomic mass is 10.2. The molecular weight excluding hydrogens is 232 g/mol. The highest BCUT2D eigenvalue weighted by molar-refractivity contribution is 5.83. The maximum absolute atomic E-state index is 12.0. The van der Waals surface area contributed by atoms with Crippen molar-refractivity contribution >= 4 is 11.9 Å². The van der Waals surface area contributed by atoms with E-state index in [2.05, 4.69) is 5.32 Å². The summed E-state index contributed by atoms with van der Waals surface area (Å²) in [5.74, 6) is -0.276. The number of hydrogen-bond acceptors (Lipinski definition) is 4. The third kappa shape index (κ3) is 5.04. The van der Waals surface area contributed by atoms with Gasteiger partial charge in [-0.05, 0) is 34.1 Å². The molecule has 5 nitrogen and oxygen atoms in total. The van der Waals surface area contributed by atoms with Gasteiger partial charge in [-0.3, -0.25) is 14.9 Å². The second-order valence-electron chi connectivity index (χ2n) is 4.11. The van der Waals surface area contributed by atoms with Crippen LogP contribution in [0.25, 0.3) is 0 Å². The standard InChI is InChI=1S/C13H26N2O3/c1-6-11(13(17)18-9-4)14-10(5)12(16)15(7-2)8-3/h10-11,14H,6-9H2,1-5H3. The average Bonchev–Trinajstić information content (AvgIpc) is 2.37. The number of nitrogens with one attached hydrogen (secondary N) is 1. The molecule has 0 aliphatic carbocycles. The molecule has 0 saturated carbocycles. The van der Waals surface area contributed by atoms with Gasteiger partial charge in [-0.25, -0.2) is 0 Å². The third-order valence-electron chi connectivity index (χ3n) is 2.88. The number of esters is 1. The monoisotopic (exact) mass is 258 g/mol. The molecule has 0 saturated heterocycles. The zero-order valence-electron chi connectivity index (χ0n) is 12.2. The van der Waals surface area contributed by atoms with Crippen LogP contribution in [-0.4, -0.2) is 48.6 Å². The minimum Gasteiger partial charge on any atom is -0.465 e. The summed E-state index contributed by atoms with van der Waals surface area (Å²) in [6.45, 7) is 11.0. The highest BCUT2D eigenvalue weighted by atomic mass is 16.5. The van der Waals surface area contributed by atoms with Gasteiger partial charge in [0.15, 0.2) is 0 Å². The molecule has 2 atom stereocenters. The average molecular weight is 258 g/mol. The van der Waals surface area contributed by atoms with Crippen LogP contribution in [0.1, 0.15) is 41.0 Å². The fraction of sp³-hybridized carbons (Fsp3) is 0.846. The minimum atomic E-state index is -0.417. The molecule has 2 unspecified atom stereocenters. The first-order valence-corrected chi connectivity index (χ1v) is 6.73. The highest BCUT2D eigenvalue weighted by Crippen LogP contribution is 2.01. The van der Waals surface area contributed by atoms with Gasteiger partial charge < -0.3 is 9.64 Å². The van der Waals surface area contributed by atoms with Crippen molar-refractivity contribution in [1.29, 1.82) is 0 Å². The van der Waals surface area contributed by atoms with Gasteiger partial charge in [-0.2, -0.15) is 0 Å². The maximum Gasteiger partial charge on any atom is 0.323 e. The number of ether oxygens (including phenoxy) is 1. The molecule has 0 aromatic carbocycles. The van der Waals surface area contributed by atoms with Crippen LogP contribution in [0.5, 0.6) is 0 Å². The Morgan fingerprint density at radius 1 is 1.17 bits per heavy atom. The molecular formula is C13H26N2O3. The Bertz CT molecular complexity index is 265. The molecule has 0 fully saturated rings. The second kappa shape index (κ2) is 8.91. The van der Waals surface area contributed by atoms with E-state index in [4.69, 9.17) is 4.74 Å². The Hall–Kier alpha value is -1.10. The minimum absolute atomic E-state index is 0.0164. The quantitative estimate of drug-likeness (QED) is 0.664. The zero-order chi connectivity index (χ0) is 14.1. The maximum atomic E-state index is 12.0. The molecule has 0 aromatic heterocycles. The van der Waals surface area contributed by atoms with E-state index in [-0.39, 0.29) is 17.9 Å². The Kier molecular flexibility index (Phi) is 8.37. The molecule has 0 radical (unpaired) electrons. The summed E-state index contributed by atoms with van der Waals surface area (Å²) in [7, 11) is 0. The van der Waals surface area contributed by atoms with E-state index in [9.17, 15) is 9.59 Å². The van der Waals surface area contributed by atoms with Gasteiger partial charge in [0.2, 0.25) is 5.91 Å². The fourth-order valence-electron chi connectivity index (χ4n) is 1.78. The summed E-state index contributed by atoms with van der Waals surface area (Å²) in [5, 5.41) is 3.03. The molecule has 106 valence electrons. The Balaban J connectivity index is 4.46. The lowest BCUT2D eigenvalue weighted by Crippen LogP contribution is -2.50. The SMILES string of the molecule is CCOC(=O)C(CC)NC(C)C(=O)N(CC)CC. The predicted molar refractivity (Wildman–Crippen MR) is 71.2 cm³/mol. The molecule has 0 rings (SSSR count). The summed E-state index contributed by atoms with van der Waals surface area (Å²) < 4.78 is 4.96. The van der Waals surface area contributed by atoms with E-state index in [0.29, 0.717) is 26.1 Å². The van der Waals surface area contributed by atoms with Crippen molar-refractivity contribution in [2.45, 2.75) is 53.1 Å². The van der Waals surface area contributed by atoms with Gasteiger partial charge in [-0.1, -0.05) is 6.92 Å². The predicted octanol–water partition coefficient (Wildman–Crippen LogP) is 1.17. The number of likely N-dealkylation sites (N-methyl/N-ethyl adjacent to an activating group) is 1. The molecule has 0 heterocycles.